The number of cyclic esters (lactones) is 2. The van der Waals surface area contributed by atoms with Gasteiger partial charge in [0, 0.05) is 20.4 Å². The summed E-state index contributed by atoms with van der Waals surface area (Å²) in [6.07, 6.45) is 5.23. The molecule has 0 spiro atoms. The van der Waals surface area contributed by atoms with Gasteiger partial charge in [-0.3, -0.25) is 4.90 Å². The van der Waals surface area contributed by atoms with Crippen LogP contribution in [0.5, 0.6) is 11.5 Å². The van der Waals surface area contributed by atoms with Gasteiger partial charge < -0.3 is 18.9 Å². The number of carbonyl (C=O) groups is 2. The average Bonchev–Trinajstić information content (AvgIpc) is 2.65. The monoisotopic (exact) mass is 389 g/mol. The second kappa shape index (κ2) is 8.65. The average molecular weight is 389 g/mol. The molecular weight excluding hydrogens is 362 g/mol. The molecule has 0 radical (unpaired) electrons. The molecule has 1 aromatic carbocycles. The summed E-state index contributed by atoms with van der Waals surface area (Å²) in [5.74, 6) is -1.51. The molecule has 152 valence electrons. The number of hydrogen-bond acceptors (Lipinski definition) is 7. The van der Waals surface area contributed by atoms with Crippen molar-refractivity contribution in [2.75, 3.05) is 33.4 Å². The van der Waals surface area contributed by atoms with E-state index < -0.39 is 17.7 Å². The van der Waals surface area contributed by atoms with Crippen LogP contribution in [0.4, 0.5) is 0 Å². The Hall–Kier alpha value is -2.54. The molecule has 2 heterocycles. The summed E-state index contributed by atoms with van der Waals surface area (Å²) in [7, 11) is 1.55. The third-order valence-electron chi connectivity index (χ3n) is 4.73. The third-order valence-corrected chi connectivity index (χ3v) is 4.73. The second-order valence-electron chi connectivity index (χ2n) is 7.40. The lowest BCUT2D eigenvalue weighted by Crippen LogP contribution is -2.41. The Bertz CT molecular complexity index is 742. The minimum absolute atomic E-state index is 0.153. The van der Waals surface area contributed by atoms with Gasteiger partial charge in [0.1, 0.15) is 12.2 Å². The van der Waals surface area contributed by atoms with E-state index in [4.69, 9.17) is 18.9 Å². The lowest BCUT2D eigenvalue weighted by atomic mass is 10.1. The molecule has 7 nitrogen and oxygen atoms in total. The van der Waals surface area contributed by atoms with Gasteiger partial charge in [-0.05, 0) is 49.7 Å². The molecule has 0 saturated carbocycles. The number of piperidine rings is 1. The van der Waals surface area contributed by atoms with Crippen molar-refractivity contribution in [3.05, 3.63) is 29.3 Å². The summed E-state index contributed by atoms with van der Waals surface area (Å²) >= 11 is 0. The summed E-state index contributed by atoms with van der Waals surface area (Å²) in [5.41, 5.74) is 0.462. The summed E-state index contributed by atoms with van der Waals surface area (Å²) in [4.78, 5) is 26.6. The van der Waals surface area contributed by atoms with Gasteiger partial charge >= 0.3 is 11.9 Å². The Morgan fingerprint density at radius 2 is 1.75 bits per heavy atom. The Balaban J connectivity index is 1.67. The third kappa shape index (κ3) is 5.04. The first-order valence-corrected chi connectivity index (χ1v) is 9.59. The maximum atomic E-state index is 12.1. The molecule has 0 unspecified atom stereocenters. The molecule has 7 heteroatoms. The molecule has 3 rings (SSSR count). The molecule has 28 heavy (non-hydrogen) atoms. The first kappa shape index (κ1) is 20.2. The SMILES string of the molecule is COc1cc(C=C2C(=O)OC(C)(C)OC2=O)ccc1OCCN1CCCCC1. The topological polar surface area (TPSA) is 74.3 Å². The van der Waals surface area contributed by atoms with Crippen LogP contribution in [-0.2, 0) is 19.1 Å². The Morgan fingerprint density at radius 1 is 1.07 bits per heavy atom. The maximum absolute atomic E-state index is 12.1. The quantitative estimate of drug-likeness (QED) is 0.421. The normalized spacial score (nSPS) is 19.6. The first-order valence-electron chi connectivity index (χ1n) is 9.59. The number of rotatable bonds is 6. The van der Waals surface area contributed by atoms with Crippen LogP contribution in [0.25, 0.3) is 6.08 Å². The van der Waals surface area contributed by atoms with Gasteiger partial charge in [0.15, 0.2) is 11.5 Å². The van der Waals surface area contributed by atoms with Gasteiger partial charge in [0.05, 0.1) is 7.11 Å². The van der Waals surface area contributed by atoms with Gasteiger partial charge in [0.25, 0.3) is 5.79 Å². The number of benzene rings is 1. The summed E-state index contributed by atoms with van der Waals surface area (Å²) in [5, 5.41) is 0. The Morgan fingerprint density at radius 3 is 2.39 bits per heavy atom. The molecule has 0 atom stereocenters. The predicted octanol–water partition coefficient (Wildman–Crippen LogP) is 2.78. The molecule has 1 aromatic rings. The van der Waals surface area contributed by atoms with Crippen LogP contribution in [-0.4, -0.2) is 56.0 Å². The zero-order valence-corrected chi connectivity index (χ0v) is 16.7. The molecule has 0 N–H and O–H groups in total. The Labute approximate surface area is 165 Å². The number of methoxy groups -OCH3 is 1. The van der Waals surface area contributed by atoms with Crippen LogP contribution in [0.2, 0.25) is 0 Å². The second-order valence-corrected chi connectivity index (χ2v) is 7.40. The molecule has 0 aliphatic carbocycles. The highest BCUT2D eigenvalue weighted by atomic mass is 16.7. The van der Waals surface area contributed by atoms with Crippen LogP contribution < -0.4 is 9.47 Å². The smallest absolute Gasteiger partial charge is 0.348 e. The van der Waals surface area contributed by atoms with E-state index in [1.54, 1.807) is 25.3 Å². The van der Waals surface area contributed by atoms with E-state index >= 15 is 0 Å². The first-order chi connectivity index (χ1) is 13.4. The zero-order chi connectivity index (χ0) is 20.1. The molecule has 2 aliphatic rings. The number of carbonyl (C=O) groups excluding carboxylic acids is 2. The van der Waals surface area contributed by atoms with Gasteiger partial charge in [-0.2, -0.15) is 0 Å². The predicted molar refractivity (Wildman–Crippen MR) is 103 cm³/mol. The van der Waals surface area contributed by atoms with E-state index in [9.17, 15) is 9.59 Å². The molecule has 0 amide bonds. The van der Waals surface area contributed by atoms with Gasteiger partial charge in [0.2, 0.25) is 0 Å². The number of esters is 2. The fraction of sp³-hybridized carbons (Fsp3) is 0.524. The van der Waals surface area contributed by atoms with Crippen molar-refractivity contribution in [1.82, 2.24) is 4.90 Å². The Kier molecular flexibility index (Phi) is 6.24. The van der Waals surface area contributed by atoms with Gasteiger partial charge in [-0.25, -0.2) is 9.59 Å². The molecule has 2 aliphatic heterocycles. The summed E-state index contributed by atoms with van der Waals surface area (Å²) < 4.78 is 21.5. The van der Waals surface area contributed by atoms with Crippen molar-refractivity contribution >= 4 is 18.0 Å². The fourth-order valence-corrected chi connectivity index (χ4v) is 3.31. The number of ether oxygens (including phenoxy) is 4. The van der Waals surface area contributed by atoms with E-state index in [1.165, 1.54) is 39.2 Å². The van der Waals surface area contributed by atoms with E-state index in [1.807, 2.05) is 0 Å². The molecule has 2 fully saturated rings. The molecule has 0 aromatic heterocycles. The van der Waals surface area contributed by atoms with Crippen LogP contribution in [0.1, 0.15) is 38.7 Å². The summed E-state index contributed by atoms with van der Waals surface area (Å²) in [6.45, 7) is 6.72. The highest BCUT2D eigenvalue weighted by Crippen LogP contribution is 2.30. The van der Waals surface area contributed by atoms with E-state index in [0.717, 1.165) is 19.6 Å². The molecule has 0 bridgehead atoms. The van der Waals surface area contributed by atoms with Crippen LogP contribution in [0.3, 0.4) is 0 Å². The standard InChI is InChI=1S/C21H27NO6/c1-21(2)27-19(23)16(20(24)28-21)13-15-7-8-17(18(14-15)25-3)26-12-11-22-9-5-4-6-10-22/h7-8,13-14H,4-6,9-12H2,1-3H3. The fourth-order valence-electron chi connectivity index (χ4n) is 3.31. The zero-order valence-electron chi connectivity index (χ0n) is 16.7. The minimum Gasteiger partial charge on any atom is -0.493 e. The largest absolute Gasteiger partial charge is 0.493 e. The van der Waals surface area contributed by atoms with Crippen molar-refractivity contribution in [3.63, 3.8) is 0 Å². The van der Waals surface area contributed by atoms with Crippen LogP contribution in [0.15, 0.2) is 23.8 Å². The van der Waals surface area contributed by atoms with Crippen molar-refractivity contribution < 1.29 is 28.5 Å². The highest BCUT2D eigenvalue weighted by Gasteiger charge is 2.38. The minimum atomic E-state index is -1.25. The van der Waals surface area contributed by atoms with Crippen molar-refractivity contribution in [2.45, 2.75) is 38.9 Å². The number of nitrogens with zero attached hydrogens (tertiary/aromatic N) is 1. The van der Waals surface area contributed by atoms with E-state index in [2.05, 4.69) is 4.90 Å². The molecule has 2 saturated heterocycles. The van der Waals surface area contributed by atoms with Crippen molar-refractivity contribution in [1.29, 1.82) is 0 Å². The van der Waals surface area contributed by atoms with Crippen LogP contribution >= 0.6 is 0 Å². The highest BCUT2D eigenvalue weighted by molar-refractivity contribution is 6.18. The number of likely N-dealkylation sites (tertiary alicyclic amines) is 1. The summed E-state index contributed by atoms with van der Waals surface area (Å²) in [6, 6.07) is 5.24. The van der Waals surface area contributed by atoms with Crippen LogP contribution in [0, 0.1) is 0 Å². The van der Waals surface area contributed by atoms with Crippen molar-refractivity contribution in [2.24, 2.45) is 0 Å². The van der Waals surface area contributed by atoms with E-state index in [-0.39, 0.29) is 5.57 Å². The van der Waals surface area contributed by atoms with Gasteiger partial charge in [-0.15, -0.1) is 0 Å². The number of hydrogen-bond donors (Lipinski definition) is 0. The van der Waals surface area contributed by atoms with E-state index in [0.29, 0.717) is 23.7 Å². The maximum Gasteiger partial charge on any atom is 0.348 e. The van der Waals surface area contributed by atoms with Gasteiger partial charge in [-0.1, -0.05) is 12.5 Å². The molecular formula is C21H27NO6. The lowest BCUT2D eigenvalue weighted by molar-refractivity contribution is -0.222. The lowest BCUT2D eigenvalue weighted by Gasteiger charge is -2.29. The van der Waals surface area contributed by atoms with Crippen molar-refractivity contribution in [3.8, 4) is 11.5 Å².